The zero-order valence-corrected chi connectivity index (χ0v) is 29.8. The number of aliphatic hydroxyl groups excluding tert-OH is 2. The number of carbonyl (C=O) groups excluding carboxylic acids is 1. The van der Waals surface area contributed by atoms with E-state index in [-0.39, 0.29) is 13.1 Å². The van der Waals surface area contributed by atoms with Gasteiger partial charge in [0, 0.05) is 42.4 Å². The van der Waals surface area contributed by atoms with Gasteiger partial charge in [-0.3, -0.25) is 0 Å². The Bertz CT molecular complexity index is 1990. The topological polar surface area (TPSA) is 109 Å². The van der Waals surface area contributed by atoms with Crippen molar-refractivity contribution >= 4 is 5.97 Å². The maximum atomic E-state index is 15.4. The summed E-state index contributed by atoms with van der Waals surface area (Å²) in [5.74, 6) is -21.6. The van der Waals surface area contributed by atoms with E-state index in [1.54, 1.807) is 60.7 Å². The Morgan fingerprint density at radius 3 is 1.23 bits per heavy atom. The number of hydrogen-bond acceptors (Lipinski definition) is 8. The molecule has 5 aromatic rings. The number of rotatable bonds is 15. The predicted molar refractivity (Wildman–Crippen MR) is 186 cm³/mol. The summed E-state index contributed by atoms with van der Waals surface area (Å²) in [6.45, 7) is 1.85. The van der Waals surface area contributed by atoms with Crippen molar-refractivity contribution in [1.82, 2.24) is 10.6 Å². The molecule has 8 nitrogen and oxygen atoms in total. The van der Waals surface area contributed by atoms with Gasteiger partial charge in [0.2, 0.25) is 34.8 Å². The van der Waals surface area contributed by atoms with Crippen LogP contribution in [0.1, 0.15) is 70.8 Å². The van der Waals surface area contributed by atoms with Crippen molar-refractivity contribution in [3.05, 3.63) is 153 Å². The standard InChI is InChI=1S/C40H34F8N2O6/c1-19(49-17-26(51)21-10-6-4-7-11-21)28-30(41)34(45)38(35(46)31(28)42)55-24-14-23(40(53)54-3)15-25(16-24)56-39-36(47)32(43)29(33(44)37(39)48)20(2)50-18-27(52)22-12-8-5-9-13-22/h4-16,19-20,26-27,49-52H,17-18H2,1-3H3/t19-,20-,26-,27-/m1/s1. The molecule has 0 spiro atoms. The van der Waals surface area contributed by atoms with E-state index in [0.29, 0.717) is 17.2 Å². The summed E-state index contributed by atoms with van der Waals surface area (Å²) in [5, 5.41) is 26.0. The lowest BCUT2D eigenvalue weighted by Crippen LogP contribution is -2.27. The van der Waals surface area contributed by atoms with E-state index < -0.39 is 116 Å². The summed E-state index contributed by atoms with van der Waals surface area (Å²) >= 11 is 0. The Balaban J connectivity index is 1.41. The normalized spacial score (nSPS) is 13.5. The van der Waals surface area contributed by atoms with Gasteiger partial charge in [0.05, 0.1) is 24.9 Å². The monoisotopic (exact) mass is 790 g/mol. The maximum absolute atomic E-state index is 15.4. The lowest BCUT2D eigenvalue weighted by atomic mass is 10.0. The number of ether oxygens (including phenoxy) is 3. The number of nitrogens with one attached hydrogen (secondary N) is 2. The van der Waals surface area contributed by atoms with Gasteiger partial charge in [-0.05, 0) is 37.1 Å². The van der Waals surface area contributed by atoms with Crippen LogP contribution in [0.2, 0.25) is 0 Å². The zero-order valence-electron chi connectivity index (χ0n) is 29.8. The van der Waals surface area contributed by atoms with Crippen LogP contribution in [0.3, 0.4) is 0 Å². The van der Waals surface area contributed by atoms with Gasteiger partial charge in [0.25, 0.3) is 0 Å². The molecule has 4 atom stereocenters. The summed E-state index contributed by atoms with van der Waals surface area (Å²) in [4.78, 5) is 12.4. The molecule has 0 heterocycles. The minimum atomic E-state index is -2.02. The Kier molecular flexibility index (Phi) is 13.3. The fourth-order valence-electron chi connectivity index (χ4n) is 5.72. The molecule has 0 fully saturated rings. The second kappa shape index (κ2) is 17.9. The maximum Gasteiger partial charge on any atom is 0.338 e. The van der Waals surface area contributed by atoms with Gasteiger partial charge in [-0.15, -0.1) is 0 Å². The van der Waals surface area contributed by atoms with Crippen LogP contribution in [0.15, 0.2) is 78.9 Å². The molecule has 0 saturated carbocycles. The summed E-state index contributed by atoms with van der Waals surface area (Å²) in [6, 6.07) is 15.8. The van der Waals surface area contributed by atoms with Gasteiger partial charge in [-0.25, -0.2) is 22.4 Å². The van der Waals surface area contributed by atoms with Crippen molar-refractivity contribution in [3.63, 3.8) is 0 Å². The molecule has 0 aliphatic rings. The van der Waals surface area contributed by atoms with Gasteiger partial charge < -0.3 is 35.1 Å². The molecule has 0 aliphatic carbocycles. The number of esters is 1. The Morgan fingerprint density at radius 1 is 0.571 bits per heavy atom. The second-order valence-electron chi connectivity index (χ2n) is 12.5. The molecule has 5 aromatic carbocycles. The van der Waals surface area contributed by atoms with Crippen LogP contribution in [-0.2, 0) is 4.74 Å². The number of carbonyl (C=O) groups is 1. The molecule has 5 rings (SSSR count). The van der Waals surface area contributed by atoms with Gasteiger partial charge in [-0.1, -0.05) is 60.7 Å². The van der Waals surface area contributed by atoms with Gasteiger partial charge in [0.15, 0.2) is 23.3 Å². The first-order chi connectivity index (χ1) is 26.6. The van der Waals surface area contributed by atoms with Crippen molar-refractivity contribution in [1.29, 1.82) is 0 Å². The Morgan fingerprint density at radius 2 is 0.911 bits per heavy atom. The van der Waals surface area contributed by atoms with Gasteiger partial charge in [0.1, 0.15) is 11.5 Å². The smallest absolute Gasteiger partial charge is 0.338 e. The van der Waals surface area contributed by atoms with E-state index in [0.717, 1.165) is 19.2 Å². The average molecular weight is 791 g/mol. The largest absolute Gasteiger partial charge is 0.465 e. The number of halogens is 8. The lowest BCUT2D eigenvalue weighted by Gasteiger charge is -2.21. The SMILES string of the molecule is COC(=O)c1cc(Oc2c(F)c(F)c([C@@H](C)NC[C@@H](O)c3ccccc3)c(F)c2F)cc(Oc2c(F)c(F)c([C@@H](C)NC[C@@H](O)c3ccccc3)c(F)c2F)c1. The van der Waals surface area contributed by atoms with Crippen molar-refractivity contribution in [2.45, 2.75) is 38.1 Å². The first-order valence-electron chi connectivity index (χ1n) is 16.9. The van der Waals surface area contributed by atoms with E-state index >= 15 is 35.1 Å². The highest BCUT2D eigenvalue weighted by Crippen LogP contribution is 2.40. The van der Waals surface area contributed by atoms with Crippen LogP contribution in [0.5, 0.6) is 23.0 Å². The van der Waals surface area contributed by atoms with Crippen LogP contribution in [0, 0.1) is 46.5 Å². The molecule has 0 aromatic heterocycles. The highest BCUT2D eigenvalue weighted by molar-refractivity contribution is 5.90. The van der Waals surface area contributed by atoms with E-state index in [2.05, 4.69) is 15.4 Å². The molecule has 296 valence electrons. The molecular formula is C40H34F8N2O6. The summed E-state index contributed by atoms with van der Waals surface area (Å²) in [6.07, 6.45) is -2.28. The number of hydrogen-bond donors (Lipinski definition) is 4. The first kappa shape index (κ1) is 41.6. The van der Waals surface area contributed by atoms with Crippen LogP contribution >= 0.6 is 0 Å². The van der Waals surface area contributed by atoms with Crippen molar-refractivity contribution in [3.8, 4) is 23.0 Å². The molecule has 0 saturated heterocycles. The van der Waals surface area contributed by atoms with Crippen LogP contribution < -0.4 is 20.1 Å². The Hall–Kier alpha value is -5.55. The van der Waals surface area contributed by atoms with Crippen molar-refractivity contribution in [2.24, 2.45) is 0 Å². The molecule has 0 amide bonds. The molecule has 0 bridgehead atoms. The fourth-order valence-corrected chi connectivity index (χ4v) is 5.72. The fraction of sp³-hybridized carbons (Fsp3) is 0.225. The molecule has 0 radical (unpaired) electrons. The van der Waals surface area contributed by atoms with E-state index in [4.69, 9.17) is 9.47 Å². The van der Waals surface area contributed by atoms with Gasteiger partial charge in [-0.2, -0.15) is 17.6 Å². The number of aliphatic hydroxyl groups is 2. The highest BCUT2D eigenvalue weighted by atomic mass is 19.2. The summed E-state index contributed by atoms with van der Waals surface area (Å²) in [7, 11) is 0.921. The first-order valence-corrected chi connectivity index (χ1v) is 16.9. The zero-order chi connectivity index (χ0) is 40.8. The van der Waals surface area contributed by atoms with Crippen molar-refractivity contribution < 1.29 is 64.3 Å². The average Bonchev–Trinajstić information content (AvgIpc) is 3.21. The third kappa shape index (κ3) is 8.94. The van der Waals surface area contributed by atoms with Crippen LogP contribution in [0.25, 0.3) is 0 Å². The number of methoxy groups -OCH3 is 1. The minimum Gasteiger partial charge on any atom is -0.465 e. The number of benzene rings is 5. The molecule has 16 heteroatoms. The molecule has 4 N–H and O–H groups in total. The highest BCUT2D eigenvalue weighted by Gasteiger charge is 2.32. The Labute approximate surface area is 315 Å². The molecule has 56 heavy (non-hydrogen) atoms. The van der Waals surface area contributed by atoms with E-state index in [1.807, 2.05) is 0 Å². The molecule has 0 aliphatic heterocycles. The van der Waals surface area contributed by atoms with Gasteiger partial charge >= 0.3 is 5.97 Å². The summed E-state index contributed by atoms with van der Waals surface area (Å²) in [5.41, 5.74) is -1.78. The van der Waals surface area contributed by atoms with E-state index in [9.17, 15) is 15.0 Å². The molecule has 0 unspecified atom stereocenters. The quantitative estimate of drug-likeness (QED) is 0.0473. The molecular weight excluding hydrogens is 756 g/mol. The third-order valence-corrected chi connectivity index (χ3v) is 8.72. The second-order valence-corrected chi connectivity index (χ2v) is 12.5. The van der Waals surface area contributed by atoms with Crippen LogP contribution in [-0.4, -0.2) is 36.4 Å². The predicted octanol–water partition coefficient (Wildman–Crippen LogP) is 8.94. The lowest BCUT2D eigenvalue weighted by molar-refractivity contribution is 0.0600. The third-order valence-electron chi connectivity index (χ3n) is 8.72. The minimum absolute atomic E-state index is 0.263. The van der Waals surface area contributed by atoms with E-state index in [1.165, 1.54) is 13.8 Å². The van der Waals surface area contributed by atoms with Crippen molar-refractivity contribution in [2.75, 3.05) is 20.2 Å². The summed E-state index contributed by atoms with van der Waals surface area (Å²) < 4.78 is 138. The van der Waals surface area contributed by atoms with Crippen LogP contribution in [0.4, 0.5) is 35.1 Å².